The van der Waals surface area contributed by atoms with Crippen LogP contribution in [0.5, 0.6) is 5.75 Å². The molecule has 2 N–H and O–H groups in total. The molecule has 0 fully saturated rings. The van der Waals surface area contributed by atoms with Gasteiger partial charge in [-0.05, 0) is 30.3 Å². The van der Waals surface area contributed by atoms with E-state index in [1.807, 2.05) is 37.2 Å². The first-order chi connectivity index (χ1) is 9.49. The van der Waals surface area contributed by atoms with Crippen LogP contribution in [0.2, 0.25) is 5.02 Å². The van der Waals surface area contributed by atoms with Gasteiger partial charge >= 0.3 is 0 Å². The zero-order valence-corrected chi connectivity index (χ0v) is 13.7. The average molecular weight is 356 g/mol. The summed E-state index contributed by atoms with van der Waals surface area (Å²) < 4.78 is 0.994. The summed E-state index contributed by atoms with van der Waals surface area (Å²) >= 11 is 9.58. The van der Waals surface area contributed by atoms with Gasteiger partial charge in [-0.1, -0.05) is 33.6 Å². The van der Waals surface area contributed by atoms with Gasteiger partial charge in [0.2, 0.25) is 0 Å². The summed E-state index contributed by atoms with van der Waals surface area (Å²) in [7, 11) is 3.97. The monoisotopic (exact) mass is 354 g/mol. The third kappa shape index (κ3) is 3.38. The van der Waals surface area contributed by atoms with Gasteiger partial charge in [-0.3, -0.25) is 0 Å². The summed E-state index contributed by atoms with van der Waals surface area (Å²) in [5.74, 6) is 0.200. The number of aromatic hydroxyl groups is 1. The van der Waals surface area contributed by atoms with E-state index in [-0.39, 0.29) is 5.75 Å². The van der Waals surface area contributed by atoms with Gasteiger partial charge in [0, 0.05) is 35.7 Å². The number of phenolic OH excluding ortho intramolecular Hbond substituents is 1. The summed E-state index contributed by atoms with van der Waals surface area (Å²) in [6.45, 7) is 0.461. The first kappa shape index (κ1) is 15.0. The number of nitrogens with zero attached hydrogens (tertiary/aromatic N) is 1. The highest BCUT2D eigenvalue weighted by Gasteiger charge is 2.09. The molecule has 106 valence electrons. The molecule has 0 atom stereocenters. The fraction of sp³-hybridized carbons (Fsp3) is 0.200. The van der Waals surface area contributed by atoms with E-state index in [0.29, 0.717) is 17.1 Å². The van der Waals surface area contributed by atoms with Crippen molar-refractivity contribution in [3.63, 3.8) is 0 Å². The zero-order valence-electron chi connectivity index (χ0n) is 11.3. The molecule has 2 aromatic rings. The van der Waals surface area contributed by atoms with E-state index in [1.54, 1.807) is 18.2 Å². The maximum absolute atomic E-state index is 9.86. The van der Waals surface area contributed by atoms with Gasteiger partial charge in [-0.2, -0.15) is 0 Å². The number of halogens is 2. The fourth-order valence-corrected chi connectivity index (χ4v) is 2.54. The second kappa shape index (κ2) is 6.37. The number of nitrogens with one attached hydrogen (secondary N) is 1. The van der Waals surface area contributed by atoms with Crippen LogP contribution >= 0.6 is 27.5 Å². The lowest BCUT2D eigenvalue weighted by atomic mass is 10.2. The molecule has 3 nitrogen and oxygen atoms in total. The summed E-state index contributed by atoms with van der Waals surface area (Å²) in [6, 6.07) is 11.2. The predicted octanol–water partition coefficient (Wildman–Crippen LogP) is 4.49. The molecule has 0 aliphatic carbocycles. The van der Waals surface area contributed by atoms with Gasteiger partial charge in [-0.15, -0.1) is 0 Å². The smallest absolute Gasteiger partial charge is 0.122 e. The summed E-state index contributed by atoms with van der Waals surface area (Å²) in [5, 5.41) is 13.7. The third-order valence-corrected chi connectivity index (χ3v) is 3.84. The summed E-state index contributed by atoms with van der Waals surface area (Å²) in [5.41, 5.74) is 2.74. The van der Waals surface area contributed by atoms with E-state index in [9.17, 15) is 5.11 Å². The van der Waals surface area contributed by atoms with Gasteiger partial charge < -0.3 is 15.3 Å². The van der Waals surface area contributed by atoms with Crippen molar-refractivity contribution in [2.75, 3.05) is 24.3 Å². The highest BCUT2D eigenvalue weighted by atomic mass is 79.9. The molecule has 5 heteroatoms. The first-order valence-electron chi connectivity index (χ1n) is 6.16. The zero-order chi connectivity index (χ0) is 14.7. The van der Waals surface area contributed by atoms with Crippen LogP contribution in [0.15, 0.2) is 40.9 Å². The normalized spacial score (nSPS) is 10.4. The average Bonchev–Trinajstić information content (AvgIpc) is 2.37. The van der Waals surface area contributed by atoms with Gasteiger partial charge in [0.05, 0.1) is 11.4 Å². The van der Waals surface area contributed by atoms with Crippen molar-refractivity contribution in [2.45, 2.75) is 6.54 Å². The van der Waals surface area contributed by atoms with Crippen molar-refractivity contribution in [2.24, 2.45) is 0 Å². The number of hydrogen-bond donors (Lipinski definition) is 2. The lowest BCUT2D eigenvalue weighted by Gasteiger charge is -2.19. The number of benzene rings is 2. The SMILES string of the molecule is CN(C)c1ccc(Br)cc1NCc1c(O)cccc1Cl. The van der Waals surface area contributed by atoms with Crippen molar-refractivity contribution in [3.8, 4) is 5.75 Å². The molecule has 0 radical (unpaired) electrons. The minimum Gasteiger partial charge on any atom is -0.508 e. The Bertz CT molecular complexity index is 597. The Balaban J connectivity index is 2.25. The van der Waals surface area contributed by atoms with Crippen molar-refractivity contribution < 1.29 is 5.11 Å². The first-order valence-corrected chi connectivity index (χ1v) is 7.33. The van der Waals surface area contributed by atoms with Crippen LogP contribution in [0.3, 0.4) is 0 Å². The minimum absolute atomic E-state index is 0.200. The maximum atomic E-state index is 9.86. The van der Waals surface area contributed by atoms with Crippen molar-refractivity contribution in [3.05, 3.63) is 51.5 Å². The Hall–Kier alpha value is -1.39. The summed E-state index contributed by atoms with van der Waals surface area (Å²) in [6.07, 6.45) is 0. The number of anilines is 2. The molecule has 0 saturated heterocycles. The van der Waals surface area contributed by atoms with Crippen LogP contribution < -0.4 is 10.2 Å². The Morgan fingerprint density at radius 1 is 1.25 bits per heavy atom. The van der Waals surface area contributed by atoms with Crippen LogP contribution in [0.4, 0.5) is 11.4 Å². The lowest BCUT2D eigenvalue weighted by molar-refractivity contribution is 0.469. The third-order valence-electron chi connectivity index (χ3n) is 2.99. The van der Waals surface area contributed by atoms with Gasteiger partial charge in [0.1, 0.15) is 5.75 Å². The highest BCUT2D eigenvalue weighted by Crippen LogP contribution is 2.31. The van der Waals surface area contributed by atoms with Crippen LogP contribution in [0.1, 0.15) is 5.56 Å². The van der Waals surface area contributed by atoms with Crippen molar-refractivity contribution in [1.29, 1.82) is 0 Å². The van der Waals surface area contributed by atoms with Gasteiger partial charge in [0.25, 0.3) is 0 Å². The van der Waals surface area contributed by atoms with Crippen molar-refractivity contribution in [1.82, 2.24) is 0 Å². The maximum Gasteiger partial charge on any atom is 0.122 e. The molecular formula is C15H16BrClN2O. The van der Waals surface area contributed by atoms with Crippen LogP contribution in [-0.2, 0) is 6.54 Å². The van der Waals surface area contributed by atoms with Gasteiger partial charge in [-0.25, -0.2) is 0 Å². The predicted molar refractivity (Wildman–Crippen MR) is 88.9 cm³/mol. The summed E-state index contributed by atoms with van der Waals surface area (Å²) in [4.78, 5) is 2.03. The molecule has 20 heavy (non-hydrogen) atoms. The number of hydrogen-bond acceptors (Lipinski definition) is 3. The molecule has 0 bridgehead atoms. The highest BCUT2D eigenvalue weighted by molar-refractivity contribution is 9.10. The lowest BCUT2D eigenvalue weighted by Crippen LogP contribution is -2.12. The molecule has 0 aromatic heterocycles. The number of rotatable bonds is 4. The standard InChI is InChI=1S/C15H16BrClN2O/c1-19(2)14-7-6-10(16)8-13(14)18-9-11-12(17)4-3-5-15(11)20/h3-8,18,20H,9H2,1-2H3. The van der Waals surface area contributed by atoms with Gasteiger partial charge in [0.15, 0.2) is 0 Å². The molecule has 0 spiro atoms. The van der Waals surface area contributed by atoms with E-state index >= 15 is 0 Å². The fourth-order valence-electron chi connectivity index (χ4n) is 1.95. The molecular weight excluding hydrogens is 340 g/mol. The molecule has 0 aliphatic rings. The molecule has 0 unspecified atom stereocenters. The van der Waals surface area contributed by atoms with E-state index in [1.165, 1.54) is 0 Å². The minimum atomic E-state index is 0.200. The van der Waals surface area contributed by atoms with E-state index in [0.717, 1.165) is 15.8 Å². The largest absolute Gasteiger partial charge is 0.508 e. The van der Waals surface area contributed by atoms with E-state index < -0.39 is 0 Å². The Morgan fingerprint density at radius 2 is 2.00 bits per heavy atom. The molecule has 2 aromatic carbocycles. The Kier molecular flexibility index (Phi) is 4.78. The molecule has 2 rings (SSSR count). The van der Waals surface area contributed by atoms with Crippen LogP contribution in [0.25, 0.3) is 0 Å². The molecule has 0 saturated carbocycles. The topological polar surface area (TPSA) is 35.5 Å². The number of phenols is 1. The van der Waals surface area contributed by atoms with E-state index in [2.05, 4.69) is 21.2 Å². The second-order valence-electron chi connectivity index (χ2n) is 4.65. The van der Waals surface area contributed by atoms with Crippen LogP contribution in [-0.4, -0.2) is 19.2 Å². The molecule has 0 heterocycles. The van der Waals surface area contributed by atoms with E-state index in [4.69, 9.17) is 11.6 Å². The molecule has 0 aliphatic heterocycles. The molecule has 0 amide bonds. The quantitative estimate of drug-likeness (QED) is 0.848. The van der Waals surface area contributed by atoms with Crippen molar-refractivity contribution >= 4 is 38.9 Å². The Labute approximate surface area is 132 Å². The van der Waals surface area contributed by atoms with Crippen LogP contribution in [0, 0.1) is 0 Å². The Morgan fingerprint density at radius 3 is 2.65 bits per heavy atom. The second-order valence-corrected chi connectivity index (χ2v) is 5.97.